The van der Waals surface area contributed by atoms with Crippen LogP contribution in [-0.4, -0.2) is 40.0 Å². The zero-order valence-electron chi connectivity index (χ0n) is 12.6. The number of benzene rings is 1. The first kappa shape index (κ1) is 15.8. The van der Waals surface area contributed by atoms with Gasteiger partial charge in [-0.3, -0.25) is 9.59 Å². The number of carboxylic acids is 1. The van der Waals surface area contributed by atoms with E-state index in [9.17, 15) is 9.59 Å². The molecule has 0 aliphatic heterocycles. The predicted octanol–water partition coefficient (Wildman–Crippen LogP) is 2.55. The molecule has 0 spiro atoms. The van der Waals surface area contributed by atoms with E-state index in [1.54, 1.807) is 6.92 Å². The molecule has 1 heterocycles. The lowest BCUT2D eigenvalue weighted by Crippen LogP contribution is -2.35. The van der Waals surface area contributed by atoms with Crippen LogP contribution in [0.3, 0.4) is 0 Å². The van der Waals surface area contributed by atoms with E-state index in [-0.39, 0.29) is 12.5 Å². The molecule has 0 bridgehead atoms. The number of nitrogens with one attached hydrogen (secondary N) is 1. The lowest BCUT2D eigenvalue weighted by Gasteiger charge is -2.18. The van der Waals surface area contributed by atoms with Gasteiger partial charge in [0.15, 0.2) is 0 Å². The van der Waals surface area contributed by atoms with Crippen molar-refractivity contribution in [1.29, 1.82) is 0 Å². The largest absolute Gasteiger partial charge is 0.480 e. The third-order valence-electron chi connectivity index (χ3n) is 3.50. The van der Waals surface area contributed by atoms with Gasteiger partial charge in [-0.05, 0) is 31.0 Å². The highest BCUT2D eigenvalue weighted by molar-refractivity contribution is 5.81. The fraction of sp³-hybridized carbons (Fsp3) is 0.294. The van der Waals surface area contributed by atoms with Crippen molar-refractivity contribution in [2.24, 2.45) is 0 Å². The summed E-state index contributed by atoms with van der Waals surface area (Å²) in [6.07, 6.45) is 0.873. The van der Waals surface area contributed by atoms with Crippen molar-refractivity contribution in [1.82, 2.24) is 9.88 Å². The number of hydrogen-bond acceptors (Lipinski definition) is 2. The Morgan fingerprint density at radius 3 is 2.50 bits per heavy atom. The molecule has 0 aliphatic rings. The number of likely N-dealkylation sites (N-methyl/N-ethyl adjacent to an activating group) is 1. The molecular weight excluding hydrogens is 280 g/mol. The zero-order valence-corrected chi connectivity index (χ0v) is 12.6. The lowest BCUT2D eigenvalue weighted by atomic mass is 10.2. The summed E-state index contributed by atoms with van der Waals surface area (Å²) in [5.74, 6) is -1.12. The molecule has 0 fully saturated rings. The first-order valence-electron chi connectivity index (χ1n) is 7.33. The van der Waals surface area contributed by atoms with E-state index < -0.39 is 5.97 Å². The Balaban J connectivity index is 1.93. The third kappa shape index (κ3) is 4.22. The van der Waals surface area contributed by atoms with Gasteiger partial charge in [0.1, 0.15) is 6.54 Å². The lowest BCUT2D eigenvalue weighted by molar-refractivity contribution is -0.144. The molecule has 0 saturated heterocycles. The number of rotatable bonds is 7. The van der Waals surface area contributed by atoms with Gasteiger partial charge >= 0.3 is 5.97 Å². The highest BCUT2D eigenvalue weighted by Gasteiger charge is 2.15. The van der Waals surface area contributed by atoms with Crippen LogP contribution in [0.15, 0.2) is 42.5 Å². The summed E-state index contributed by atoms with van der Waals surface area (Å²) < 4.78 is 0. The first-order chi connectivity index (χ1) is 10.6. The molecule has 2 N–H and O–H groups in total. The minimum atomic E-state index is -0.985. The number of amides is 1. The SMILES string of the molecule is CCN(CC(=O)O)C(=O)CCc1ccc(-c2ccccc2)[nH]1. The fourth-order valence-electron chi connectivity index (χ4n) is 2.31. The Morgan fingerprint density at radius 2 is 1.86 bits per heavy atom. The molecule has 0 radical (unpaired) electrons. The maximum absolute atomic E-state index is 12.0. The molecule has 2 aromatic rings. The van der Waals surface area contributed by atoms with E-state index in [0.717, 1.165) is 17.0 Å². The van der Waals surface area contributed by atoms with E-state index in [1.807, 2.05) is 42.5 Å². The van der Waals surface area contributed by atoms with Crippen LogP contribution in [0.4, 0.5) is 0 Å². The van der Waals surface area contributed by atoms with Crippen LogP contribution in [0.25, 0.3) is 11.3 Å². The highest BCUT2D eigenvalue weighted by Crippen LogP contribution is 2.18. The van der Waals surface area contributed by atoms with E-state index in [1.165, 1.54) is 4.90 Å². The summed E-state index contributed by atoms with van der Waals surface area (Å²) in [4.78, 5) is 27.4. The van der Waals surface area contributed by atoms with Crippen molar-refractivity contribution in [3.8, 4) is 11.3 Å². The average molecular weight is 300 g/mol. The first-order valence-corrected chi connectivity index (χ1v) is 7.33. The van der Waals surface area contributed by atoms with E-state index >= 15 is 0 Å². The van der Waals surface area contributed by atoms with Gasteiger partial charge in [0.2, 0.25) is 5.91 Å². The van der Waals surface area contributed by atoms with Crippen LogP contribution in [0.1, 0.15) is 19.0 Å². The number of H-pyrrole nitrogens is 1. The van der Waals surface area contributed by atoms with Gasteiger partial charge in [-0.1, -0.05) is 30.3 Å². The molecule has 1 aromatic carbocycles. The molecule has 0 unspecified atom stereocenters. The fourth-order valence-corrected chi connectivity index (χ4v) is 2.31. The Bertz CT molecular complexity index is 634. The molecule has 0 saturated carbocycles. The predicted molar refractivity (Wildman–Crippen MR) is 84.4 cm³/mol. The van der Waals surface area contributed by atoms with Crippen LogP contribution in [0.2, 0.25) is 0 Å². The number of carboxylic acid groups (broad SMARTS) is 1. The maximum atomic E-state index is 12.0. The summed E-state index contributed by atoms with van der Waals surface area (Å²) >= 11 is 0. The van der Waals surface area contributed by atoms with Gasteiger partial charge in [-0.15, -0.1) is 0 Å². The summed E-state index contributed by atoms with van der Waals surface area (Å²) in [5.41, 5.74) is 3.08. The van der Waals surface area contributed by atoms with Gasteiger partial charge in [-0.2, -0.15) is 0 Å². The maximum Gasteiger partial charge on any atom is 0.323 e. The normalized spacial score (nSPS) is 10.4. The number of aromatic nitrogens is 1. The van der Waals surface area contributed by atoms with Crippen LogP contribution >= 0.6 is 0 Å². The number of nitrogens with zero attached hydrogens (tertiary/aromatic N) is 1. The molecule has 5 nitrogen and oxygen atoms in total. The number of carbonyl (C=O) groups excluding carboxylic acids is 1. The van der Waals surface area contributed by atoms with Gasteiger partial charge in [0.05, 0.1) is 0 Å². The molecule has 1 aromatic heterocycles. The Morgan fingerprint density at radius 1 is 1.14 bits per heavy atom. The monoisotopic (exact) mass is 300 g/mol. The number of hydrogen-bond donors (Lipinski definition) is 2. The minimum absolute atomic E-state index is 0.138. The minimum Gasteiger partial charge on any atom is -0.480 e. The Kier molecular flexibility index (Phi) is 5.36. The molecule has 2 rings (SSSR count). The van der Waals surface area contributed by atoms with E-state index in [0.29, 0.717) is 19.4 Å². The second kappa shape index (κ2) is 7.45. The van der Waals surface area contributed by atoms with Crippen molar-refractivity contribution in [3.63, 3.8) is 0 Å². The molecule has 0 aliphatic carbocycles. The van der Waals surface area contributed by atoms with Gasteiger partial charge in [0.25, 0.3) is 0 Å². The number of carbonyl (C=O) groups is 2. The van der Waals surface area contributed by atoms with Crippen LogP contribution in [0, 0.1) is 0 Å². The second-order valence-corrected chi connectivity index (χ2v) is 5.06. The number of aryl methyl sites for hydroxylation is 1. The molecule has 5 heteroatoms. The van der Waals surface area contributed by atoms with Crippen molar-refractivity contribution < 1.29 is 14.7 Å². The van der Waals surface area contributed by atoms with Crippen molar-refractivity contribution in [2.45, 2.75) is 19.8 Å². The molecular formula is C17H20N2O3. The second-order valence-electron chi connectivity index (χ2n) is 5.06. The van der Waals surface area contributed by atoms with E-state index in [2.05, 4.69) is 4.98 Å². The Hall–Kier alpha value is -2.56. The summed E-state index contributed by atoms with van der Waals surface area (Å²) in [7, 11) is 0. The summed E-state index contributed by atoms with van der Waals surface area (Å²) in [5, 5.41) is 8.78. The standard InChI is InChI=1S/C17H20N2O3/c1-2-19(12-17(21)22)16(20)11-9-14-8-10-15(18-14)13-6-4-3-5-7-13/h3-8,10,18H,2,9,11-12H2,1H3,(H,21,22). The molecule has 116 valence electrons. The van der Waals surface area contributed by atoms with Crippen LogP contribution < -0.4 is 0 Å². The highest BCUT2D eigenvalue weighted by atomic mass is 16.4. The number of aliphatic carboxylic acids is 1. The smallest absolute Gasteiger partial charge is 0.323 e. The van der Waals surface area contributed by atoms with Gasteiger partial charge in [0, 0.05) is 24.4 Å². The van der Waals surface area contributed by atoms with Crippen molar-refractivity contribution in [3.05, 3.63) is 48.2 Å². The van der Waals surface area contributed by atoms with Gasteiger partial charge < -0.3 is 15.0 Å². The summed E-state index contributed by atoms with van der Waals surface area (Å²) in [6.45, 7) is 1.95. The molecule has 1 amide bonds. The topological polar surface area (TPSA) is 73.4 Å². The molecule has 22 heavy (non-hydrogen) atoms. The molecule has 0 atom stereocenters. The Labute approximate surface area is 129 Å². The van der Waals surface area contributed by atoms with Crippen LogP contribution in [0.5, 0.6) is 0 Å². The zero-order chi connectivity index (χ0) is 15.9. The van der Waals surface area contributed by atoms with Crippen LogP contribution in [-0.2, 0) is 16.0 Å². The number of aromatic amines is 1. The van der Waals surface area contributed by atoms with Crippen molar-refractivity contribution >= 4 is 11.9 Å². The van der Waals surface area contributed by atoms with Crippen molar-refractivity contribution in [2.75, 3.05) is 13.1 Å². The average Bonchev–Trinajstić information content (AvgIpc) is 3.00. The van der Waals surface area contributed by atoms with E-state index in [4.69, 9.17) is 5.11 Å². The third-order valence-corrected chi connectivity index (χ3v) is 3.50. The summed E-state index contributed by atoms with van der Waals surface area (Å²) in [6, 6.07) is 13.9. The van der Waals surface area contributed by atoms with Gasteiger partial charge in [-0.25, -0.2) is 0 Å². The quantitative estimate of drug-likeness (QED) is 0.825.